The molecule has 2 rings (SSSR count). The fraction of sp³-hybridized carbons (Fsp3) is 0.636. The molecule has 0 radical (unpaired) electrons. The zero-order chi connectivity index (χ0) is 23.6. The number of aromatic amines is 2. The van der Waals surface area contributed by atoms with Crippen molar-refractivity contribution in [1.82, 2.24) is 9.97 Å². The molecule has 0 aromatic carbocycles. The molecule has 0 amide bonds. The fourth-order valence-corrected chi connectivity index (χ4v) is 6.07. The van der Waals surface area contributed by atoms with Gasteiger partial charge in [-0.25, -0.2) is 13.9 Å². The molecule has 1 aromatic heterocycles. The van der Waals surface area contributed by atoms with Gasteiger partial charge < -0.3 is 19.9 Å². The smallest absolute Gasteiger partial charge is 0.387 e. The first-order valence-electron chi connectivity index (χ1n) is 8.02. The number of aromatic nitrogens is 2. The van der Waals surface area contributed by atoms with Crippen molar-refractivity contribution in [3.8, 4) is 0 Å². The average Bonchev–Trinajstić information content (AvgIpc) is 2.93. The van der Waals surface area contributed by atoms with Crippen LogP contribution in [0.2, 0.25) is 0 Å². The van der Waals surface area contributed by atoms with Gasteiger partial charge in [-0.2, -0.15) is 18.6 Å². The van der Waals surface area contributed by atoms with Crippen molar-refractivity contribution in [1.29, 1.82) is 0 Å². The number of ether oxygens (including phenoxy) is 1. The number of H-pyrrole nitrogens is 2. The molecular weight excluding hydrogens is 493 g/mol. The molecule has 1 fully saturated rings. The normalized spacial score (nSPS) is 26.7. The van der Waals surface area contributed by atoms with E-state index in [0.29, 0.717) is 0 Å². The Kier molecular flexibility index (Phi) is 8.47. The van der Waals surface area contributed by atoms with Crippen molar-refractivity contribution in [2.24, 2.45) is 0 Å². The molecule has 5 unspecified atom stereocenters. The maximum Gasteiger partial charge on any atom is 0.580 e. The zero-order valence-corrected chi connectivity index (χ0v) is 18.4. The van der Waals surface area contributed by atoms with E-state index in [-0.39, 0.29) is 5.56 Å². The van der Waals surface area contributed by atoms with Gasteiger partial charge in [0, 0.05) is 20.4 Å². The first kappa shape index (κ1) is 26.4. The second-order valence-corrected chi connectivity index (χ2v) is 10.9. The molecule has 0 aliphatic carbocycles. The number of hydrogen-bond acceptors (Lipinski definition) is 14. The van der Waals surface area contributed by atoms with Crippen LogP contribution in [-0.4, -0.2) is 74.0 Å². The lowest BCUT2D eigenvalue weighted by Gasteiger charge is -2.18. The molecule has 31 heavy (non-hydrogen) atoms. The third-order valence-electron chi connectivity index (χ3n) is 3.78. The van der Waals surface area contributed by atoms with Crippen LogP contribution in [-0.2, 0) is 36.1 Å². The predicted molar refractivity (Wildman–Crippen MR) is 98.2 cm³/mol. The van der Waals surface area contributed by atoms with Gasteiger partial charge in [0.25, 0.3) is 5.56 Å². The monoisotopic (exact) mass is 513 g/mol. The van der Waals surface area contributed by atoms with E-state index in [9.17, 15) is 43.6 Å². The van der Waals surface area contributed by atoms with Crippen LogP contribution in [0.1, 0.15) is 11.7 Å². The molecule has 20 heteroatoms. The number of hydrogen-bond donors (Lipinski definition) is 7. The first-order valence-corrected chi connectivity index (χ1v) is 12.5. The lowest BCUT2D eigenvalue weighted by atomic mass is 10.0. The summed E-state index contributed by atoms with van der Waals surface area (Å²) in [5.41, 5.74) is -1.98. The Morgan fingerprint density at radius 2 is 1.77 bits per heavy atom. The van der Waals surface area contributed by atoms with Crippen LogP contribution in [0, 0.1) is 0 Å². The van der Waals surface area contributed by atoms with E-state index in [4.69, 9.17) is 4.74 Å². The van der Waals surface area contributed by atoms with E-state index < -0.39 is 66.1 Å². The molecule has 1 aliphatic rings. The van der Waals surface area contributed by atoms with Crippen LogP contribution in [0.4, 0.5) is 0 Å². The third-order valence-corrected chi connectivity index (χ3v) is 8.47. The second-order valence-electron chi connectivity index (χ2n) is 5.83. The first-order chi connectivity index (χ1) is 14.2. The Balaban J connectivity index is 2.04. The molecule has 7 N–H and O–H groups in total. The van der Waals surface area contributed by atoms with Gasteiger partial charge in [-0.05, 0) is 4.31 Å². The molecule has 5 atom stereocenters. The highest BCUT2D eigenvalue weighted by Crippen LogP contribution is 2.71. The SMILES string of the molecule is COP(=O)(OC)OP(=O)(O)O[P+](O)(O)OCC1OC(c2c[nH]c(=O)[nH]c2=O)C(O)C1O. The van der Waals surface area contributed by atoms with Crippen LogP contribution >= 0.6 is 23.8 Å². The van der Waals surface area contributed by atoms with Gasteiger partial charge in [0.2, 0.25) is 0 Å². The summed E-state index contributed by atoms with van der Waals surface area (Å²) in [5.74, 6) is 0. The lowest BCUT2D eigenvalue weighted by Crippen LogP contribution is -2.34. The van der Waals surface area contributed by atoms with Crippen molar-refractivity contribution >= 4 is 23.8 Å². The Bertz CT molecular complexity index is 969. The van der Waals surface area contributed by atoms with Gasteiger partial charge in [-0.3, -0.25) is 23.7 Å². The molecule has 1 saturated heterocycles. The topological polar surface area (TPSA) is 256 Å². The summed E-state index contributed by atoms with van der Waals surface area (Å²) < 4.78 is 50.0. The molecule has 1 aliphatic heterocycles. The van der Waals surface area contributed by atoms with Crippen LogP contribution in [0.5, 0.6) is 0 Å². The number of nitrogens with one attached hydrogen (secondary N) is 2. The summed E-state index contributed by atoms with van der Waals surface area (Å²) >= 11 is 0. The van der Waals surface area contributed by atoms with E-state index in [1.807, 2.05) is 4.98 Å². The van der Waals surface area contributed by atoms with Crippen LogP contribution in [0.15, 0.2) is 15.8 Å². The molecular formula is C11H20N2O15P3+. The maximum absolute atomic E-state index is 11.8. The Morgan fingerprint density at radius 1 is 1.16 bits per heavy atom. The van der Waals surface area contributed by atoms with Crippen molar-refractivity contribution in [3.05, 3.63) is 32.6 Å². The second kappa shape index (κ2) is 9.95. The van der Waals surface area contributed by atoms with E-state index in [1.165, 1.54) is 0 Å². The molecule has 1 aromatic rings. The lowest BCUT2D eigenvalue weighted by molar-refractivity contribution is -0.0261. The summed E-state index contributed by atoms with van der Waals surface area (Å²) in [6.07, 6.45) is -5.36. The number of phosphoric acid groups is 2. The highest BCUT2D eigenvalue weighted by atomic mass is 31.3. The molecule has 0 saturated carbocycles. The summed E-state index contributed by atoms with van der Waals surface area (Å²) in [6, 6.07) is 0. The van der Waals surface area contributed by atoms with Crippen molar-refractivity contribution in [2.45, 2.75) is 24.4 Å². The van der Waals surface area contributed by atoms with Gasteiger partial charge in [-0.1, -0.05) is 0 Å². The highest BCUT2D eigenvalue weighted by Gasteiger charge is 2.54. The third kappa shape index (κ3) is 6.81. The minimum atomic E-state index is -5.45. The standard InChI is InChI=1S/C11H19N2O15P3/c1-23-31(22,24-2)28-30(20,21)27-29(18,19)25-4-6-7(14)8(15)9(26-6)5-3-12-11(17)13-10(5)16/h3,6-9,14-15,18-19H,4H2,1-2H3,(H2-,12,13,16,17,20,21)/p+1. The maximum atomic E-state index is 11.8. The quantitative estimate of drug-likeness (QED) is 0.175. The van der Waals surface area contributed by atoms with Crippen LogP contribution in [0.25, 0.3) is 0 Å². The fourth-order valence-electron chi connectivity index (χ4n) is 2.39. The van der Waals surface area contributed by atoms with Gasteiger partial charge in [0.15, 0.2) is 0 Å². The summed E-state index contributed by atoms with van der Waals surface area (Å²) in [5, 5.41) is 20.1. The van der Waals surface area contributed by atoms with Gasteiger partial charge in [-0.15, -0.1) is 0 Å². The minimum Gasteiger partial charge on any atom is -0.387 e. The Labute approximate surface area is 173 Å². The average molecular weight is 513 g/mol. The van der Waals surface area contributed by atoms with Crippen molar-refractivity contribution in [3.63, 3.8) is 0 Å². The molecule has 0 bridgehead atoms. The number of aliphatic hydroxyl groups excluding tert-OH is 2. The van der Waals surface area contributed by atoms with Gasteiger partial charge in [0.1, 0.15) is 31.0 Å². The molecule has 17 nitrogen and oxygen atoms in total. The van der Waals surface area contributed by atoms with Crippen LogP contribution < -0.4 is 11.2 Å². The number of phosphoric ester groups is 1. The minimum absolute atomic E-state index is 0.248. The highest BCUT2D eigenvalue weighted by molar-refractivity contribution is 7.69. The zero-order valence-electron chi connectivity index (χ0n) is 15.8. The van der Waals surface area contributed by atoms with Crippen LogP contribution in [0.3, 0.4) is 0 Å². The Hall–Kier alpha value is -0.870. The molecule has 178 valence electrons. The largest absolute Gasteiger partial charge is 0.580 e. The van der Waals surface area contributed by atoms with E-state index >= 15 is 0 Å². The van der Waals surface area contributed by atoms with E-state index in [0.717, 1.165) is 20.4 Å². The van der Waals surface area contributed by atoms with Gasteiger partial charge in [0.05, 0.1) is 5.56 Å². The molecule has 0 spiro atoms. The van der Waals surface area contributed by atoms with E-state index in [1.54, 1.807) is 0 Å². The van der Waals surface area contributed by atoms with Crippen molar-refractivity contribution < 1.29 is 61.0 Å². The van der Waals surface area contributed by atoms with E-state index in [2.05, 4.69) is 27.2 Å². The predicted octanol–water partition coefficient (Wildman–Crippen LogP) is -1.56. The molecule has 2 heterocycles. The van der Waals surface area contributed by atoms with Crippen molar-refractivity contribution in [2.75, 3.05) is 20.8 Å². The number of rotatable bonds is 10. The Morgan fingerprint density at radius 3 is 2.32 bits per heavy atom. The number of aliphatic hydroxyl groups is 2. The summed E-state index contributed by atoms with van der Waals surface area (Å²) in [7, 11) is -13.5. The summed E-state index contributed by atoms with van der Waals surface area (Å²) in [4.78, 5) is 55.9. The summed E-state index contributed by atoms with van der Waals surface area (Å²) in [6.45, 7) is -0.914. The van der Waals surface area contributed by atoms with Gasteiger partial charge >= 0.3 is 29.5 Å².